The van der Waals surface area contributed by atoms with E-state index in [0.29, 0.717) is 12.0 Å². The molecule has 0 aliphatic rings. The molecule has 2 aromatic rings. The summed E-state index contributed by atoms with van der Waals surface area (Å²) >= 11 is 0. The normalized spacial score (nSPS) is 11.8. The largest absolute Gasteiger partial charge is 0.497 e. The van der Waals surface area contributed by atoms with Crippen LogP contribution >= 0.6 is 0 Å². The first-order valence-electron chi connectivity index (χ1n) is 7.14. The Bertz CT molecular complexity index is 583. The van der Waals surface area contributed by atoms with Gasteiger partial charge in [-0.15, -0.1) is 0 Å². The Hall–Kier alpha value is -2.30. The number of nitrogens with zero attached hydrogens (tertiary/aromatic N) is 2. The van der Waals surface area contributed by atoms with Crippen molar-refractivity contribution >= 4 is 17.5 Å². The van der Waals surface area contributed by atoms with Gasteiger partial charge in [-0.1, -0.05) is 6.92 Å². The number of anilines is 3. The van der Waals surface area contributed by atoms with Crippen molar-refractivity contribution < 1.29 is 4.74 Å². The van der Waals surface area contributed by atoms with Crippen molar-refractivity contribution in [1.29, 1.82) is 0 Å². The number of aryl methyl sites for hydroxylation is 1. The Kier molecular flexibility index (Phi) is 4.98. The van der Waals surface area contributed by atoms with Crippen molar-refractivity contribution in [3.8, 4) is 5.75 Å². The molecule has 1 aromatic heterocycles. The minimum atomic E-state index is 0.348. The van der Waals surface area contributed by atoms with E-state index in [1.54, 1.807) is 7.11 Å². The zero-order valence-corrected chi connectivity index (χ0v) is 13.0. The molecule has 1 aromatic carbocycles. The standard InChI is InChI=1S/C16H22N4O/c1-5-11(2)17-16-18-12(3)10-15(20-16)19-13-6-8-14(21-4)9-7-13/h6-11H,5H2,1-4H3,(H2,17,18,19,20). The first-order chi connectivity index (χ1) is 10.1. The summed E-state index contributed by atoms with van der Waals surface area (Å²) < 4.78 is 5.15. The number of aromatic nitrogens is 2. The smallest absolute Gasteiger partial charge is 0.225 e. The topological polar surface area (TPSA) is 59.1 Å². The molecule has 0 spiro atoms. The molecule has 0 saturated carbocycles. The minimum absolute atomic E-state index is 0.348. The molecule has 0 bridgehead atoms. The molecule has 0 fully saturated rings. The summed E-state index contributed by atoms with van der Waals surface area (Å²) in [5, 5.41) is 6.58. The highest BCUT2D eigenvalue weighted by Gasteiger charge is 2.05. The third-order valence-corrected chi connectivity index (χ3v) is 3.20. The lowest BCUT2D eigenvalue weighted by atomic mass is 10.3. The lowest BCUT2D eigenvalue weighted by molar-refractivity contribution is 0.415. The summed E-state index contributed by atoms with van der Waals surface area (Å²) in [6.07, 6.45) is 1.03. The van der Waals surface area contributed by atoms with Crippen LogP contribution in [0.4, 0.5) is 17.5 Å². The van der Waals surface area contributed by atoms with Crippen LogP contribution < -0.4 is 15.4 Å². The van der Waals surface area contributed by atoms with E-state index in [-0.39, 0.29) is 0 Å². The van der Waals surface area contributed by atoms with Crippen molar-refractivity contribution in [2.24, 2.45) is 0 Å². The minimum Gasteiger partial charge on any atom is -0.497 e. The predicted molar refractivity (Wildman–Crippen MR) is 86.4 cm³/mol. The molecule has 0 aliphatic heterocycles. The van der Waals surface area contributed by atoms with Crippen LogP contribution in [0.5, 0.6) is 5.75 Å². The van der Waals surface area contributed by atoms with Gasteiger partial charge in [-0.25, -0.2) is 4.98 Å². The highest BCUT2D eigenvalue weighted by molar-refractivity contribution is 5.58. The Morgan fingerprint density at radius 2 is 1.90 bits per heavy atom. The fourth-order valence-electron chi connectivity index (χ4n) is 1.84. The molecule has 2 N–H and O–H groups in total. The van der Waals surface area contributed by atoms with E-state index in [1.807, 2.05) is 37.3 Å². The summed E-state index contributed by atoms with van der Waals surface area (Å²) in [5.41, 5.74) is 1.88. The van der Waals surface area contributed by atoms with Gasteiger partial charge in [0.2, 0.25) is 5.95 Å². The quantitative estimate of drug-likeness (QED) is 0.847. The van der Waals surface area contributed by atoms with Gasteiger partial charge in [-0.05, 0) is 44.5 Å². The molecule has 1 atom stereocenters. The number of benzene rings is 1. The van der Waals surface area contributed by atoms with Gasteiger partial charge >= 0.3 is 0 Å². The maximum Gasteiger partial charge on any atom is 0.225 e. The van der Waals surface area contributed by atoms with Crippen LogP contribution in [0.15, 0.2) is 30.3 Å². The second kappa shape index (κ2) is 6.92. The average molecular weight is 286 g/mol. The van der Waals surface area contributed by atoms with Crippen molar-refractivity contribution in [3.63, 3.8) is 0 Å². The lowest BCUT2D eigenvalue weighted by Gasteiger charge is -2.13. The highest BCUT2D eigenvalue weighted by atomic mass is 16.5. The lowest BCUT2D eigenvalue weighted by Crippen LogP contribution is -2.16. The average Bonchev–Trinajstić information content (AvgIpc) is 2.47. The molecule has 0 saturated heterocycles. The Balaban J connectivity index is 2.14. The number of methoxy groups -OCH3 is 1. The van der Waals surface area contributed by atoms with E-state index < -0.39 is 0 Å². The van der Waals surface area contributed by atoms with Gasteiger partial charge in [0.1, 0.15) is 11.6 Å². The number of ether oxygens (including phenoxy) is 1. The monoisotopic (exact) mass is 286 g/mol. The molecule has 21 heavy (non-hydrogen) atoms. The van der Waals surface area contributed by atoms with E-state index in [2.05, 4.69) is 34.4 Å². The highest BCUT2D eigenvalue weighted by Crippen LogP contribution is 2.20. The summed E-state index contributed by atoms with van der Waals surface area (Å²) in [6.45, 7) is 6.20. The van der Waals surface area contributed by atoms with Crippen molar-refractivity contribution in [1.82, 2.24) is 9.97 Å². The zero-order chi connectivity index (χ0) is 15.2. The molecule has 0 amide bonds. The Morgan fingerprint density at radius 3 is 2.52 bits per heavy atom. The summed E-state index contributed by atoms with van der Waals surface area (Å²) in [7, 11) is 1.66. The van der Waals surface area contributed by atoms with Gasteiger partial charge in [0.25, 0.3) is 0 Å². The number of hydrogen-bond donors (Lipinski definition) is 2. The number of nitrogens with one attached hydrogen (secondary N) is 2. The van der Waals surface area contributed by atoms with Gasteiger partial charge in [0.15, 0.2) is 0 Å². The summed E-state index contributed by atoms with van der Waals surface area (Å²) in [5.74, 6) is 2.26. The SMILES string of the molecule is CCC(C)Nc1nc(C)cc(Nc2ccc(OC)cc2)n1. The summed E-state index contributed by atoms with van der Waals surface area (Å²) in [6, 6.07) is 10.0. The number of hydrogen-bond acceptors (Lipinski definition) is 5. The predicted octanol–water partition coefficient (Wildman–Crippen LogP) is 3.75. The van der Waals surface area contributed by atoms with Gasteiger partial charge in [0, 0.05) is 23.5 Å². The summed E-state index contributed by atoms with van der Waals surface area (Å²) in [4.78, 5) is 8.90. The van der Waals surface area contributed by atoms with Crippen LogP contribution in [-0.4, -0.2) is 23.1 Å². The van der Waals surface area contributed by atoms with E-state index >= 15 is 0 Å². The maximum atomic E-state index is 5.15. The van der Waals surface area contributed by atoms with Crippen molar-refractivity contribution in [2.45, 2.75) is 33.2 Å². The van der Waals surface area contributed by atoms with E-state index in [1.165, 1.54) is 0 Å². The zero-order valence-electron chi connectivity index (χ0n) is 13.0. The maximum absolute atomic E-state index is 5.15. The van der Waals surface area contributed by atoms with Crippen LogP contribution in [0.3, 0.4) is 0 Å². The van der Waals surface area contributed by atoms with Crippen molar-refractivity contribution in [3.05, 3.63) is 36.0 Å². The first-order valence-corrected chi connectivity index (χ1v) is 7.14. The second-order valence-electron chi connectivity index (χ2n) is 5.03. The molecule has 0 aliphatic carbocycles. The first kappa shape index (κ1) is 15.1. The van der Waals surface area contributed by atoms with Crippen LogP contribution in [0.25, 0.3) is 0 Å². The molecule has 2 rings (SSSR count). The molecule has 0 radical (unpaired) electrons. The van der Waals surface area contributed by atoms with Gasteiger partial charge < -0.3 is 15.4 Å². The third-order valence-electron chi connectivity index (χ3n) is 3.20. The third kappa shape index (κ3) is 4.34. The van der Waals surface area contributed by atoms with E-state index in [4.69, 9.17) is 4.74 Å². The molecule has 1 unspecified atom stereocenters. The van der Waals surface area contributed by atoms with E-state index in [0.717, 1.165) is 29.4 Å². The van der Waals surface area contributed by atoms with Gasteiger partial charge in [0.05, 0.1) is 7.11 Å². The van der Waals surface area contributed by atoms with Crippen LogP contribution in [0, 0.1) is 6.92 Å². The second-order valence-corrected chi connectivity index (χ2v) is 5.03. The fourth-order valence-corrected chi connectivity index (χ4v) is 1.84. The van der Waals surface area contributed by atoms with Crippen LogP contribution in [0.1, 0.15) is 26.0 Å². The van der Waals surface area contributed by atoms with Crippen LogP contribution in [0.2, 0.25) is 0 Å². The van der Waals surface area contributed by atoms with Gasteiger partial charge in [-0.2, -0.15) is 4.98 Å². The van der Waals surface area contributed by atoms with Gasteiger partial charge in [-0.3, -0.25) is 0 Å². The molecular formula is C16H22N4O. The molecule has 112 valence electrons. The molecule has 1 heterocycles. The Labute approximate surface area is 125 Å². The fraction of sp³-hybridized carbons (Fsp3) is 0.375. The van der Waals surface area contributed by atoms with Crippen LogP contribution in [-0.2, 0) is 0 Å². The molecular weight excluding hydrogens is 264 g/mol. The molecule has 5 nitrogen and oxygen atoms in total. The number of rotatable bonds is 6. The molecule has 5 heteroatoms. The Morgan fingerprint density at radius 1 is 1.19 bits per heavy atom. The van der Waals surface area contributed by atoms with Crippen molar-refractivity contribution in [2.75, 3.05) is 17.7 Å². The van der Waals surface area contributed by atoms with E-state index in [9.17, 15) is 0 Å².